The summed E-state index contributed by atoms with van der Waals surface area (Å²) in [7, 11) is 0. The van der Waals surface area contributed by atoms with Crippen LogP contribution in [0.1, 0.15) is 88.1 Å². The maximum Gasteiger partial charge on any atom is 0.326 e. The molecule has 0 bridgehead atoms. The van der Waals surface area contributed by atoms with E-state index in [1.807, 2.05) is 42.5 Å². The van der Waals surface area contributed by atoms with E-state index in [1.54, 1.807) is 4.90 Å². The average molecular weight is 523 g/mol. The van der Waals surface area contributed by atoms with Crippen LogP contribution in [0.3, 0.4) is 0 Å². The molecule has 2 fully saturated rings. The number of halogens is 1. The summed E-state index contributed by atoms with van der Waals surface area (Å²) in [6.45, 7) is 6.34. The van der Waals surface area contributed by atoms with Crippen molar-refractivity contribution in [1.82, 2.24) is 10.2 Å². The molecule has 5 nitrogen and oxygen atoms in total. The Bertz CT molecular complexity index is 1140. The van der Waals surface area contributed by atoms with Crippen LogP contribution in [0.15, 0.2) is 48.5 Å². The molecule has 1 heterocycles. The second-order valence-corrected chi connectivity index (χ2v) is 12.7. The van der Waals surface area contributed by atoms with E-state index in [0.29, 0.717) is 0 Å². The number of carboxylic acid groups (broad SMARTS) is 1. The number of aryl methyl sites for hydroxylation is 1. The Labute approximate surface area is 225 Å². The van der Waals surface area contributed by atoms with Crippen molar-refractivity contribution in [3.05, 3.63) is 70.2 Å². The lowest BCUT2D eigenvalue weighted by Gasteiger charge is -2.37. The van der Waals surface area contributed by atoms with Crippen LogP contribution >= 0.6 is 11.6 Å². The maximum atomic E-state index is 14.2. The number of carbonyl (C=O) groups excluding carboxylic acids is 1. The highest BCUT2D eigenvalue weighted by molar-refractivity contribution is 6.30. The largest absolute Gasteiger partial charge is 0.480 e. The van der Waals surface area contributed by atoms with E-state index in [0.717, 1.165) is 55.5 Å². The highest BCUT2D eigenvalue weighted by Crippen LogP contribution is 2.50. The molecule has 198 valence electrons. The first kappa shape index (κ1) is 26.2. The Morgan fingerprint density at radius 2 is 1.70 bits per heavy atom. The normalized spacial score (nSPS) is 28.3. The fraction of sp³-hybridized carbons (Fsp3) is 0.548. The van der Waals surface area contributed by atoms with Crippen molar-refractivity contribution >= 4 is 23.5 Å². The smallest absolute Gasteiger partial charge is 0.326 e. The van der Waals surface area contributed by atoms with Gasteiger partial charge in [0.05, 0.1) is 6.04 Å². The first-order chi connectivity index (χ1) is 17.7. The van der Waals surface area contributed by atoms with Gasteiger partial charge < -0.3 is 15.3 Å². The molecule has 1 aliphatic heterocycles. The van der Waals surface area contributed by atoms with Gasteiger partial charge in [-0.2, -0.15) is 0 Å². The number of fused-ring (bicyclic) bond motifs is 1. The first-order valence-electron chi connectivity index (χ1n) is 13.8. The molecule has 1 saturated heterocycles. The molecule has 2 aromatic rings. The number of hydrogen-bond acceptors (Lipinski definition) is 3. The third kappa shape index (κ3) is 5.05. The highest BCUT2D eigenvalue weighted by Gasteiger charge is 2.59. The lowest BCUT2D eigenvalue weighted by molar-refractivity contribution is -0.154. The van der Waals surface area contributed by atoms with Gasteiger partial charge in [0.1, 0.15) is 6.04 Å². The zero-order chi connectivity index (χ0) is 26.3. The standard InChI is InChI=1S/C31H39ClN2O3/c1-31(2,3)25-26(33-24-17-14-21-18-22(32)15-16-23(21)24)27(19-10-6-4-7-11-19)34(28(25)30(36)37)29(35)20-12-8-5-9-13-20/h4,6-7,10-11,15-16,18,20,24-28,33H,5,8-9,12-14,17H2,1-3H3,(H,36,37)/t24?,25-,26-,27-,28-/m0/s1. The summed E-state index contributed by atoms with van der Waals surface area (Å²) in [5.41, 5.74) is 3.14. The monoisotopic (exact) mass is 522 g/mol. The lowest BCUT2D eigenvalue weighted by Crippen LogP contribution is -2.49. The van der Waals surface area contributed by atoms with Gasteiger partial charge >= 0.3 is 5.97 Å². The summed E-state index contributed by atoms with van der Waals surface area (Å²) in [6.07, 6.45) is 6.76. The zero-order valence-electron chi connectivity index (χ0n) is 22.1. The molecular weight excluding hydrogens is 484 g/mol. The van der Waals surface area contributed by atoms with Crippen LogP contribution in [0.5, 0.6) is 0 Å². The minimum Gasteiger partial charge on any atom is -0.480 e. The number of nitrogens with zero attached hydrogens (tertiary/aromatic N) is 1. The van der Waals surface area contributed by atoms with E-state index in [9.17, 15) is 14.7 Å². The number of aliphatic carboxylic acids is 1. The third-order valence-electron chi connectivity index (χ3n) is 8.85. The quantitative estimate of drug-likeness (QED) is 0.466. The topological polar surface area (TPSA) is 69.6 Å². The number of likely N-dealkylation sites (tertiary alicyclic amines) is 1. The molecule has 1 saturated carbocycles. The number of hydrogen-bond donors (Lipinski definition) is 2. The molecule has 0 radical (unpaired) electrons. The van der Waals surface area contributed by atoms with Gasteiger partial charge in [0.15, 0.2) is 0 Å². The number of carboxylic acids is 1. The molecule has 2 aromatic carbocycles. The van der Waals surface area contributed by atoms with Crippen LogP contribution in [0, 0.1) is 17.3 Å². The molecule has 1 amide bonds. The average Bonchev–Trinajstić information content (AvgIpc) is 3.43. The van der Waals surface area contributed by atoms with Crippen molar-refractivity contribution in [2.75, 3.05) is 0 Å². The van der Waals surface area contributed by atoms with Crippen molar-refractivity contribution in [3.8, 4) is 0 Å². The van der Waals surface area contributed by atoms with Crippen LogP contribution < -0.4 is 5.32 Å². The predicted molar refractivity (Wildman–Crippen MR) is 146 cm³/mol. The molecule has 5 rings (SSSR count). The van der Waals surface area contributed by atoms with Crippen molar-refractivity contribution in [2.24, 2.45) is 17.3 Å². The summed E-state index contributed by atoms with van der Waals surface area (Å²) < 4.78 is 0. The van der Waals surface area contributed by atoms with E-state index >= 15 is 0 Å². The van der Waals surface area contributed by atoms with Crippen LogP contribution in [0.2, 0.25) is 5.02 Å². The van der Waals surface area contributed by atoms with Gasteiger partial charge in [0, 0.05) is 28.9 Å². The van der Waals surface area contributed by atoms with Gasteiger partial charge in [-0.25, -0.2) is 4.79 Å². The number of nitrogens with one attached hydrogen (secondary N) is 1. The minimum absolute atomic E-state index is 0.0121. The summed E-state index contributed by atoms with van der Waals surface area (Å²) in [6, 6.07) is 14.8. The van der Waals surface area contributed by atoms with E-state index in [-0.39, 0.29) is 41.3 Å². The van der Waals surface area contributed by atoms with Crippen LogP contribution in [0.25, 0.3) is 0 Å². The molecular formula is C31H39ClN2O3. The summed E-state index contributed by atoms with van der Waals surface area (Å²) >= 11 is 6.28. The molecule has 0 aromatic heterocycles. The van der Waals surface area contributed by atoms with Crippen molar-refractivity contribution in [3.63, 3.8) is 0 Å². The molecule has 0 spiro atoms. The Kier molecular flexibility index (Phi) is 7.39. The molecule has 37 heavy (non-hydrogen) atoms. The Morgan fingerprint density at radius 3 is 2.35 bits per heavy atom. The van der Waals surface area contributed by atoms with Crippen LogP contribution in [0.4, 0.5) is 0 Å². The van der Waals surface area contributed by atoms with Crippen molar-refractivity contribution in [1.29, 1.82) is 0 Å². The molecule has 3 aliphatic rings. The van der Waals surface area contributed by atoms with Gasteiger partial charge in [-0.05, 0) is 59.9 Å². The van der Waals surface area contributed by atoms with E-state index in [4.69, 9.17) is 11.6 Å². The summed E-state index contributed by atoms with van der Waals surface area (Å²) in [5, 5.41) is 15.3. The first-order valence-corrected chi connectivity index (χ1v) is 14.2. The Morgan fingerprint density at radius 1 is 1.00 bits per heavy atom. The van der Waals surface area contributed by atoms with Gasteiger partial charge in [-0.1, -0.05) is 88.0 Å². The molecule has 5 atom stereocenters. The molecule has 2 N–H and O–H groups in total. The minimum atomic E-state index is -0.909. The van der Waals surface area contributed by atoms with E-state index in [1.165, 1.54) is 11.1 Å². The van der Waals surface area contributed by atoms with Gasteiger partial charge in [0.25, 0.3) is 0 Å². The fourth-order valence-corrected chi connectivity index (χ4v) is 7.43. The second-order valence-electron chi connectivity index (χ2n) is 12.2. The highest BCUT2D eigenvalue weighted by atomic mass is 35.5. The van der Waals surface area contributed by atoms with Crippen molar-refractivity contribution < 1.29 is 14.7 Å². The molecule has 2 aliphatic carbocycles. The zero-order valence-corrected chi connectivity index (χ0v) is 22.9. The summed E-state index contributed by atoms with van der Waals surface area (Å²) in [5.74, 6) is -1.26. The fourth-order valence-electron chi connectivity index (χ4n) is 7.24. The number of carbonyl (C=O) groups is 2. The summed E-state index contributed by atoms with van der Waals surface area (Å²) in [4.78, 5) is 29.0. The SMILES string of the molecule is CC(C)(C)[C@H]1[C@H](NC2CCc3cc(Cl)ccc32)[C@H](c2ccccc2)N(C(=O)C2CCCCC2)[C@@H]1C(=O)O. The molecule has 6 heteroatoms. The van der Waals surface area contributed by atoms with Gasteiger partial charge in [-0.3, -0.25) is 4.79 Å². The van der Waals surface area contributed by atoms with Crippen molar-refractivity contribution in [2.45, 2.75) is 89.9 Å². The number of rotatable bonds is 5. The second kappa shape index (κ2) is 10.4. The Hall–Kier alpha value is -2.37. The predicted octanol–water partition coefficient (Wildman–Crippen LogP) is 6.56. The van der Waals surface area contributed by atoms with E-state index < -0.39 is 12.0 Å². The number of benzene rings is 2. The van der Waals surface area contributed by atoms with Crippen LogP contribution in [-0.2, 0) is 16.0 Å². The number of amides is 1. The van der Waals surface area contributed by atoms with Crippen LogP contribution in [-0.4, -0.2) is 34.0 Å². The van der Waals surface area contributed by atoms with Gasteiger partial charge in [0.2, 0.25) is 5.91 Å². The third-order valence-corrected chi connectivity index (χ3v) is 9.08. The maximum absolute atomic E-state index is 14.2. The van der Waals surface area contributed by atoms with Gasteiger partial charge in [-0.15, -0.1) is 0 Å². The lowest BCUT2D eigenvalue weighted by atomic mass is 9.72. The Balaban J connectivity index is 1.61. The molecule has 1 unspecified atom stereocenters. The van der Waals surface area contributed by atoms with E-state index in [2.05, 4.69) is 32.2 Å².